The van der Waals surface area contributed by atoms with Gasteiger partial charge in [-0.05, 0) is 36.1 Å². The van der Waals surface area contributed by atoms with Crippen LogP contribution in [0.3, 0.4) is 0 Å². The highest BCUT2D eigenvalue weighted by molar-refractivity contribution is 5.48. The van der Waals surface area contributed by atoms with Crippen LogP contribution in [-0.2, 0) is 13.0 Å². The highest BCUT2D eigenvalue weighted by Gasteiger charge is 2.01. The monoisotopic (exact) mass is 241 g/mol. The number of aryl methyl sites for hydroxylation is 2. The van der Waals surface area contributed by atoms with Gasteiger partial charge in [0.15, 0.2) is 0 Å². The van der Waals surface area contributed by atoms with Gasteiger partial charge in [-0.25, -0.2) is 0 Å². The van der Waals surface area contributed by atoms with Crippen molar-refractivity contribution in [1.29, 1.82) is 0 Å². The van der Waals surface area contributed by atoms with Crippen molar-refractivity contribution in [2.45, 2.75) is 26.9 Å². The van der Waals surface area contributed by atoms with Crippen molar-refractivity contribution >= 4 is 5.69 Å². The van der Waals surface area contributed by atoms with Gasteiger partial charge in [0.2, 0.25) is 0 Å². The first-order valence-corrected chi connectivity index (χ1v) is 6.26. The largest absolute Gasteiger partial charge is 0.489 e. The summed E-state index contributed by atoms with van der Waals surface area (Å²) in [6.45, 7) is 4.75. The second-order valence-electron chi connectivity index (χ2n) is 4.48. The molecular weight excluding hydrogens is 222 g/mol. The zero-order chi connectivity index (χ0) is 13.0. The number of hydrogen-bond donors (Lipinski definition) is 1. The van der Waals surface area contributed by atoms with E-state index in [1.54, 1.807) is 0 Å². The Morgan fingerprint density at radius 2 is 1.67 bits per heavy atom. The fourth-order valence-corrected chi connectivity index (χ4v) is 1.80. The Kier molecular flexibility index (Phi) is 3.88. The van der Waals surface area contributed by atoms with Gasteiger partial charge in [-0.1, -0.05) is 37.3 Å². The zero-order valence-electron chi connectivity index (χ0n) is 10.9. The van der Waals surface area contributed by atoms with E-state index in [2.05, 4.69) is 31.2 Å². The summed E-state index contributed by atoms with van der Waals surface area (Å²) in [5, 5.41) is 0. The van der Waals surface area contributed by atoms with Crippen molar-refractivity contribution < 1.29 is 4.74 Å². The molecule has 0 unspecified atom stereocenters. The minimum Gasteiger partial charge on any atom is -0.489 e. The lowest BCUT2D eigenvalue weighted by molar-refractivity contribution is 0.304. The third-order valence-corrected chi connectivity index (χ3v) is 3.04. The first-order valence-electron chi connectivity index (χ1n) is 6.26. The molecule has 2 aromatic rings. The van der Waals surface area contributed by atoms with Crippen LogP contribution in [0.25, 0.3) is 0 Å². The van der Waals surface area contributed by atoms with Gasteiger partial charge in [0, 0.05) is 11.8 Å². The van der Waals surface area contributed by atoms with Gasteiger partial charge in [-0.15, -0.1) is 0 Å². The molecule has 0 spiro atoms. The van der Waals surface area contributed by atoms with Gasteiger partial charge in [0.05, 0.1) is 0 Å². The first kappa shape index (κ1) is 12.5. The predicted octanol–water partition coefficient (Wildman–Crippen LogP) is 3.72. The number of rotatable bonds is 4. The second-order valence-corrected chi connectivity index (χ2v) is 4.48. The maximum Gasteiger partial charge on any atom is 0.124 e. The number of benzene rings is 2. The number of hydrogen-bond acceptors (Lipinski definition) is 2. The lowest BCUT2D eigenvalue weighted by atomic mass is 10.1. The molecule has 0 atom stereocenters. The smallest absolute Gasteiger partial charge is 0.124 e. The van der Waals surface area contributed by atoms with E-state index >= 15 is 0 Å². The molecular formula is C16H19NO. The highest BCUT2D eigenvalue weighted by Crippen LogP contribution is 2.21. The quantitative estimate of drug-likeness (QED) is 0.828. The van der Waals surface area contributed by atoms with Gasteiger partial charge in [-0.2, -0.15) is 0 Å². The normalized spacial score (nSPS) is 10.3. The average Bonchev–Trinajstić information content (AvgIpc) is 2.40. The number of anilines is 1. The Morgan fingerprint density at radius 1 is 1.00 bits per heavy atom. The molecule has 0 aliphatic heterocycles. The summed E-state index contributed by atoms with van der Waals surface area (Å²) >= 11 is 0. The van der Waals surface area contributed by atoms with Crippen molar-refractivity contribution in [3.8, 4) is 5.75 Å². The molecule has 0 saturated heterocycles. The average molecular weight is 241 g/mol. The Bertz CT molecular complexity index is 517. The molecule has 2 N–H and O–H groups in total. The molecule has 0 heterocycles. The SMILES string of the molecule is CCc1ccc(COc2cc(N)ccc2C)cc1. The summed E-state index contributed by atoms with van der Waals surface area (Å²) in [6.07, 6.45) is 1.06. The number of nitrogen functional groups attached to an aromatic ring is 1. The van der Waals surface area contributed by atoms with Crippen LogP contribution < -0.4 is 10.5 Å². The zero-order valence-corrected chi connectivity index (χ0v) is 10.9. The molecule has 94 valence electrons. The number of nitrogens with two attached hydrogens (primary N) is 1. The van der Waals surface area contributed by atoms with Crippen LogP contribution in [0.2, 0.25) is 0 Å². The highest BCUT2D eigenvalue weighted by atomic mass is 16.5. The minimum absolute atomic E-state index is 0.578. The van der Waals surface area contributed by atoms with Gasteiger partial charge < -0.3 is 10.5 Å². The molecule has 0 radical (unpaired) electrons. The predicted molar refractivity (Wildman–Crippen MR) is 75.7 cm³/mol. The Labute approximate surface area is 108 Å². The molecule has 0 aromatic heterocycles. The van der Waals surface area contributed by atoms with Gasteiger partial charge in [-0.3, -0.25) is 0 Å². The summed E-state index contributed by atoms with van der Waals surface area (Å²) in [5.74, 6) is 0.856. The third-order valence-electron chi connectivity index (χ3n) is 3.04. The lowest BCUT2D eigenvalue weighted by Gasteiger charge is -2.10. The van der Waals surface area contributed by atoms with Crippen molar-refractivity contribution in [2.75, 3.05) is 5.73 Å². The van der Waals surface area contributed by atoms with E-state index in [0.29, 0.717) is 6.61 Å². The van der Waals surface area contributed by atoms with Crippen molar-refractivity contribution in [1.82, 2.24) is 0 Å². The fourth-order valence-electron chi connectivity index (χ4n) is 1.80. The topological polar surface area (TPSA) is 35.2 Å². The Morgan fingerprint density at radius 3 is 2.33 bits per heavy atom. The van der Waals surface area contributed by atoms with Crippen molar-refractivity contribution in [3.05, 3.63) is 59.2 Å². The first-order chi connectivity index (χ1) is 8.69. The van der Waals surface area contributed by atoms with E-state index in [0.717, 1.165) is 23.4 Å². The molecule has 0 saturated carbocycles. The Balaban J connectivity index is 2.04. The van der Waals surface area contributed by atoms with Crippen LogP contribution in [0.1, 0.15) is 23.6 Å². The van der Waals surface area contributed by atoms with Gasteiger partial charge >= 0.3 is 0 Å². The summed E-state index contributed by atoms with van der Waals surface area (Å²) in [4.78, 5) is 0. The summed E-state index contributed by atoms with van der Waals surface area (Å²) in [6, 6.07) is 14.2. The standard InChI is InChI=1S/C16H19NO/c1-3-13-5-7-14(8-6-13)11-18-16-10-15(17)9-4-12(16)2/h4-10H,3,11,17H2,1-2H3. The molecule has 2 heteroatoms. The van der Waals surface area contributed by atoms with Crippen LogP contribution in [0.5, 0.6) is 5.75 Å². The summed E-state index contributed by atoms with van der Waals surface area (Å²) in [5.41, 5.74) is 10.1. The maximum atomic E-state index is 5.80. The van der Waals surface area contributed by atoms with Crippen LogP contribution in [0, 0.1) is 6.92 Å². The second kappa shape index (κ2) is 5.58. The summed E-state index contributed by atoms with van der Waals surface area (Å²) in [7, 11) is 0. The maximum absolute atomic E-state index is 5.80. The molecule has 18 heavy (non-hydrogen) atoms. The van der Waals surface area contributed by atoms with Crippen LogP contribution >= 0.6 is 0 Å². The molecule has 0 amide bonds. The third kappa shape index (κ3) is 3.04. The lowest BCUT2D eigenvalue weighted by Crippen LogP contribution is -1.98. The van der Waals surface area contributed by atoms with E-state index in [1.807, 2.05) is 25.1 Å². The molecule has 2 nitrogen and oxygen atoms in total. The van der Waals surface area contributed by atoms with Crippen LogP contribution in [0.4, 0.5) is 5.69 Å². The van der Waals surface area contributed by atoms with E-state index in [4.69, 9.17) is 10.5 Å². The number of ether oxygens (including phenoxy) is 1. The molecule has 0 aliphatic rings. The van der Waals surface area contributed by atoms with E-state index < -0.39 is 0 Å². The van der Waals surface area contributed by atoms with Gasteiger partial charge in [0.25, 0.3) is 0 Å². The van der Waals surface area contributed by atoms with Crippen molar-refractivity contribution in [3.63, 3.8) is 0 Å². The molecule has 0 bridgehead atoms. The van der Waals surface area contributed by atoms with Crippen molar-refractivity contribution in [2.24, 2.45) is 0 Å². The van der Waals surface area contributed by atoms with E-state index in [1.165, 1.54) is 11.1 Å². The molecule has 0 fully saturated rings. The van der Waals surface area contributed by atoms with Gasteiger partial charge in [0.1, 0.15) is 12.4 Å². The van der Waals surface area contributed by atoms with Crippen LogP contribution in [-0.4, -0.2) is 0 Å². The fraction of sp³-hybridized carbons (Fsp3) is 0.250. The minimum atomic E-state index is 0.578. The van der Waals surface area contributed by atoms with E-state index in [9.17, 15) is 0 Å². The molecule has 2 rings (SSSR count). The molecule has 2 aromatic carbocycles. The Hall–Kier alpha value is -1.96. The van der Waals surface area contributed by atoms with E-state index in [-0.39, 0.29) is 0 Å². The summed E-state index contributed by atoms with van der Waals surface area (Å²) < 4.78 is 5.80. The molecule has 0 aliphatic carbocycles. The van der Waals surface area contributed by atoms with Crippen LogP contribution in [0.15, 0.2) is 42.5 Å².